The summed E-state index contributed by atoms with van der Waals surface area (Å²) in [7, 11) is -3.40. The van der Waals surface area contributed by atoms with Crippen LogP contribution in [0, 0.1) is 5.82 Å². The number of halogens is 2. The Balaban J connectivity index is 2.08. The lowest BCUT2D eigenvalue weighted by atomic mass is 10.2. The third-order valence-corrected chi connectivity index (χ3v) is 4.88. The summed E-state index contributed by atoms with van der Waals surface area (Å²) in [5, 5.41) is 0.147. The Morgan fingerprint density at radius 1 is 1.00 bits per heavy atom. The van der Waals surface area contributed by atoms with Crippen LogP contribution < -0.4 is 0 Å². The lowest BCUT2D eigenvalue weighted by Crippen LogP contribution is -2.12. The topological polar surface area (TPSA) is 34.1 Å². The fraction of sp³-hybridized carbons (Fsp3) is 0.200. The van der Waals surface area contributed by atoms with E-state index in [4.69, 9.17) is 11.6 Å². The molecule has 2 aromatic rings. The van der Waals surface area contributed by atoms with Crippen LogP contribution in [0.1, 0.15) is 11.1 Å². The molecule has 0 aliphatic carbocycles. The van der Waals surface area contributed by atoms with Crippen LogP contribution in [0.5, 0.6) is 0 Å². The van der Waals surface area contributed by atoms with Crippen LogP contribution in [0.15, 0.2) is 48.5 Å². The molecule has 0 aromatic heterocycles. The van der Waals surface area contributed by atoms with Gasteiger partial charge in [-0.3, -0.25) is 0 Å². The monoisotopic (exact) mass is 312 g/mol. The number of rotatable bonds is 5. The first kappa shape index (κ1) is 15.0. The minimum atomic E-state index is -3.40. The Hall–Kier alpha value is -1.39. The average Bonchev–Trinajstić information content (AvgIpc) is 2.42. The van der Waals surface area contributed by atoms with Crippen molar-refractivity contribution in [3.05, 3.63) is 70.5 Å². The lowest BCUT2D eigenvalue weighted by molar-refractivity contribution is 0.586. The molecule has 0 N–H and O–H groups in total. The predicted octanol–water partition coefficient (Wildman–Crippen LogP) is 3.64. The molecular formula is C15H14ClFO2S. The summed E-state index contributed by atoms with van der Waals surface area (Å²) in [5.74, 6) is -0.978. The highest BCUT2D eigenvalue weighted by Gasteiger charge is 2.17. The fourth-order valence-corrected chi connectivity index (χ4v) is 3.61. The Morgan fingerprint density at radius 3 is 2.35 bits per heavy atom. The van der Waals surface area contributed by atoms with Gasteiger partial charge in [-0.25, -0.2) is 12.8 Å². The van der Waals surface area contributed by atoms with Crippen LogP contribution in [-0.2, 0) is 22.0 Å². The number of aryl methyl sites for hydroxylation is 1. The molecule has 0 bridgehead atoms. The first-order chi connectivity index (χ1) is 9.48. The quantitative estimate of drug-likeness (QED) is 0.844. The van der Waals surface area contributed by atoms with Crippen molar-refractivity contribution >= 4 is 21.4 Å². The summed E-state index contributed by atoms with van der Waals surface area (Å²) in [5.41, 5.74) is 0.984. The largest absolute Gasteiger partial charge is 0.228 e. The predicted molar refractivity (Wildman–Crippen MR) is 79.0 cm³/mol. The SMILES string of the molecule is O=S(=O)(CCc1ccccc1)Cc1c(F)cccc1Cl. The first-order valence-corrected chi connectivity index (χ1v) is 8.35. The summed E-state index contributed by atoms with van der Waals surface area (Å²) < 4.78 is 37.7. The van der Waals surface area contributed by atoms with Crippen LogP contribution in [0.2, 0.25) is 5.02 Å². The minimum Gasteiger partial charge on any atom is -0.228 e. The number of hydrogen-bond donors (Lipinski definition) is 0. The molecule has 0 unspecified atom stereocenters. The smallest absolute Gasteiger partial charge is 0.154 e. The number of benzene rings is 2. The van der Waals surface area contributed by atoms with E-state index in [2.05, 4.69) is 0 Å². The second-order valence-electron chi connectivity index (χ2n) is 4.53. The van der Waals surface area contributed by atoms with Gasteiger partial charge in [0.25, 0.3) is 0 Å². The van der Waals surface area contributed by atoms with Crippen molar-refractivity contribution in [2.45, 2.75) is 12.2 Å². The van der Waals surface area contributed by atoms with Crippen molar-refractivity contribution < 1.29 is 12.8 Å². The van der Waals surface area contributed by atoms with Crippen LogP contribution in [0.4, 0.5) is 4.39 Å². The Labute approximate surface area is 123 Å². The highest BCUT2D eigenvalue weighted by molar-refractivity contribution is 7.90. The van der Waals surface area contributed by atoms with E-state index in [1.807, 2.05) is 30.3 Å². The van der Waals surface area contributed by atoms with Gasteiger partial charge in [0.15, 0.2) is 9.84 Å². The van der Waals surface area contributed by atoms with Crippen molar-refractivity contribution in [2.75, 3.05) is 5.75 Å². The maximum Gasteiger partial charge on any atom is 0.154 e. The second-order valence-corrected chi connectivity index (χ2v) is 7.12. The van der Waals surface area contributed by atoms with Gasteiger partial charge in [0.1, 0.15) is 5.82 Å². The van der Waals surface area contributed by atoms with Gasteiger partial charge in [0.05, 0.1) is 11.5 Å². The highest BCUT2D eigenvalue weighted by atomic mass is 35.5. The highest BCUT2D eigenvalue weighted by Crippen LogP contribution is 2.21. The second kappa shape index (κ2) is 6.37. The van der Waals surface area contributed by atoms with Gasteiger partial charge in [-0.15, -0.1) is 0 Å². The Kier molecular flexibility index (Phi) is 4.78. The van der Waals surface area contributed by atoms with E-state index >= 15 is 0 Å². The zero-order chi connectivity index (χ0) is 14.6. The summed E-state index contributed by atoms with van der Waals surface area (Å²) in [6.45, 7) is 0. The fourth-order valence-electron chi connectivity index (χ4n) is 1.88. The van der Waals surface area contributed by atoms with Crippen LogP contribution in [-0.4, -0.2) is 14.2 Å². The zero-order valence-electron chi connectivity index (χ0n) is 10.7. The van der Waals surface area contributed by atoms with Crippen molar-refractivity contribution in [2.24, 2.45) is 0 Å². The normalized spacial score (nSPS) is 11.5. The van der Waals surface area contributed by atoms with Crippen LogP contribution in [0.3, 0.4) is 0 Å². The number of hydrogen-bond acceptors (Lipinski definition) is 2. The Bertz CT molecular complexity index is 664. The van der Waals surface area contributed by atoms with E-state index in [9.17, 15) is 12.8 Å². The summed E-state index contributed by atoms with van der Waals surface area (Å²) in [4.78, 5) is 0. The van der Waals surface area contributed by atoms with E-state index in [0.29, 0.717) is 6.42 Å². The van der Waals surface area contributed by atoms with Gasteiger partial charge >= 0.3 is 0 Å². The molecule has 0 heterocycles. The molecule has 106 valence electrons. The zero-order valence-corrected chi connectivity index (χ0v) is 12.3. The Morgan fingerprint density at radius 2 is 1.70 bits per heavy atom. The van der Waals surface area contributed by atoms with Gasteiger partial charge in [-0.1, -0.05) is 48.0 Å². The van der Waals surface area contributed by atoms with E-state index in [0.717, 1.165) is 5.56 Å². The molecular weight excluding hydrogens is 299 g/mol. The minimum absolute atomic E-state index is 0.0261. The standard InChI is InChI=1S/C15H14ClFO2S/c16-14-7-4-8-15(17)13(14)11-20(18,19)10-9-12-5-2-1-3-6-12/h1-8H,9-11H2. The van der Waals surface area contributed by atoms with Crippen molar-refractivity contribution in [3.8, 4) is 0 Å². The van der Waals surface area contributed by atoms with Gasteiger partial charge in [-0.05, 0) is 24.1 Å². The molecule has 0 radical (unpaired) electrons. The molecule has 5 heteroatoms. The average molecular weight is 313 g/mol. The molecule has 0 aliphatic heterocycles. The van der Waals surface area contributed by atoms with Gasteiger partial charge in [0, 0.05) is 10.6 Å². The molecule has 2 rings (SSSR count). The van der Waals surface area contributed by atoms with Gasteiger partial charge < -0.3 is 0 Å². The van der Waals surface area contributed by atoms with Gasteiger partial charge in [-0.2, -0.15) is 0 Å². The maximum absolute atomic E-state index is 13.6. The molecule has 0 atom stereocenters. The van der Waals surface area contributed by atoms with Crippen molar-refractivity contribution in [1.29, 1.82) is 0 Å². The lowest BCUT2D eigenvalue weighted by Gasteiger charge is -2.07. The molecule has 0 aliphatic rings. The summed E-state index contributed by atoms with van der Waals surface area (Å²) in [6.07, 6.45) is 0.412. The third-order valence-electron chi connectivity index (χ3n) is 2.97. The molecule has 0 saturated heterocycles. The molecule has 0 amide bonds. The first-order valence-electron chi connectivity index (χ1n) is 6.15. The maximum atomic E-state index is 13.6. The number of sulfone groups is 1. The molecule has 0 spiro atoms. The van der Waals surface area contributed by atoms with E-state index in [1.165, 1.54) is 18.2 Å². The van der Waals surface area contributed by atoms with Crippen LogP contribution >= 0.6 is 11.6 Å². The van der Waals surface area contributed by atoms with Crippen LogP contribution in [0.25, 0.3) is 0 Å². The van der Waals surface area contributed by atoms with E-state index < -0.39 is 15.7 Å². The summed E-state index contributed by atoms with van der Waals surface area (Å²) in [6, 6.07) is 13.5. The molecule has 0 fully saturated rings. The molecule has 0 saturated carbocycles. The van der Waals surface area contributed by atoms with Gasteiger partial charge in [0.2, 0.25) is 0 Å². The molecule has 2 aromatic carbocycles. The summed E-state index contributed by atoms with van der Waals surface area (Å²) >= 11 is 5.85. The van der Waals surface area contributed by atoms with E-state index in [-0.39, 0.29) is 22.1 Å². The molecule has 2 nitrogen and oxygen atoms in total. The van der Waals surface area contributed by atoms with Crippen molar-refractivity contribution in [3.63, 3.8) is 0 Å². The van der Waals surface area contributed by atoms with E-state index in [1.54, 1.807) is 0 Å². The molecule has 20 heavy (non-hydrogen) atoms. The van der Waals surface area contributed by atoms with Crippen molar-refractivity contribution in [1.82, 2.24) is 0 Å². The third kappa shape index (κ3) is 4.05.